The Morgan fingerprint density at radius 1 is 1.06 bits per heavy atom. The molecule has 0 spiro atoms. The number of nitrogens with zero attached hydrogens (tertiary/aromatic N) is 5. The third kappa shape index (κ3) is 6.61. The average Bonchev–Trinajstić information content (AvgIpc) is 2.80. The first-order valence-corrected chi connectivity index (χ1v) is 10.8. The number of anilines is 2. The van der Waals surface area contributed by atoms with Crippen LogP contribution in [0.4, 0.5) is 11.6 Å². The lowest BCUT2D eigenvalue weighted by molar-refractivity contribution is 0.0317. The molecule has 1 aromatic carbocycles. The van der Waals surface area contributed by atoms with Crippen LogP contribution in [-0.4, -0.2) is 86.8 Å². The molecule has 2 fully saturated rings. The molecule has 0 unspecified atom stereocenters. The van der Waals surface area contributed by atoms with Crippen LogP contribution in [0.3, 0.4) is 0 Å². The number of hydrazone groups is 1. The predicted molar refractivity (Wildman–Crippen MR) is 120 cm³/mol. The lowest BCUT2D eigenvalue weighted by Gasteiger charge is -2.28. The van der Waals surface area contributed by atoms with Gasteiger partial charge in [-0.25, -0.2) is 0 Å². The van der Waals surface area contributed by atoms with Crippen LogP contribution in [-0.2, 0) is 9.47 Å². The number of morpholine rings is 2. The molecule has 4 rings (SSSR count). The van der Waals surface area contributed by atoms with Gasteiger partial charge < -0.3 is 19.1 Å². The fourth-order valence-corrected chi connectivity index (χ4v) is 3.50. The topological polar surface area (TPSA) is 84.3 Å². The highest BCUT2D eigenvalue weighted by Crippen LogP contribution is 2.20. The maximum absolute atomic E-state index is 5.91. The molecule has 3 heterocycles. The SMILES string of the molecule is Cc1cccc(/C=N/Nc2cc(N3CCOCC3)nc(OCCN3CCOCC3)n2)c1. The molecule has 166 valence electrons. The van der Waals surface area contributed by atoms with Crippen molar-refractivity contribution in [3.05, 3.63) is 41.5 Å². The number of benzene rings is 1. The van der Waals surface area contributed by atoms with Gasteiger partial charge in [0.05, 0.1) is 32.6 Å². The largest absolute Gasteiger partial charge is 0.462 e. The summed E-state index contributed by atoms with van der Waals surface area (Å²) in [5.41, 5.74) is 5.24. The van der Waals surface area contributed by atoms with Crippen LogP contribution >= 0.6 is 0 Å². The molecule has 0 bridgehead atoms. The van der Waals surface area contributed by atoms with Crippen LogP contribution in [0.5, 0.6) is 6.01 Å². The van der Waals surface area contributed by atoms with E-state index in [1.165, 1.54) is 5.56 Å². The number of hydrogen-bond acceptors (Lipinski definition) is 9. The quantitative estimate of drug-likeness (QED) is 0.505. The highest BCUT2D eigenvalue weighted by Gasteiger charge is 2.16. The Hall–Kier alpha value is -2.75. The van der Waals surface area contributed by atoms with Crippen molar-refractivity contribution >= 4 is 17.9 Å². The lowest BCUT2D eigenvalue weighted by atomic mass is 10.2. The number of aromatic nitrogens is 2. The van der Waals surface area contributed by atoms with Crippen molar-refractivity contribution in [2.75, 3.05) is 76.1 Å². The minimum absolute atomic E-state index is 0.352. The molecule has 0 saturated carbocycles. The van der Waals surface area contributed by atoms with E-state index in [2.05, 4.69) is 49.4 Å². The van der Waals surface area contributed by atoms with Crippen molar-refractivity contribution in [1.82, 2.24) is 14.9 Å². The maximum Gasteiger partial charge on any atom is 0.320 e. The van der Waals surface area contributed by atoms with Crippen LogP contribution < -0.4 is 15.1 Å². The van der Waals surface area contributed by atoms with Crippen LogP contribution in [0, 0.1) is 6.92 Å². The minimum atomic E-state index is 0.352. The van der Waals surface area contributed by atoms with Crippen molar-refractivity contribution in [1.29, 1.82) is 0 Å². The van der Waals surface area contributed by atoms with E-state index in [1.54, 1.807) is 6.21 Å². The molecule has 2 aliphatic heterocycles. The average molecular weight is 427 g/mol. The van der Waals surface area contributed by atoms with Gasteiger partial charge in [-0.05, 0) is 12.5 Å². The highest BCUT2D eigenvalue weighted by molar-refractivity contribution is 5.80. The molecule has 2 aliphatic rings. The van der Waals surface area contributed by atoms with E-state index in [9.17, 15) is 0 Å². The Morgan fingerprint density at radius 3 is 2.61 bits per heavy atom. The first-order chi connectivity index (χ1) is 15.3. The van der Waals surface area contributed by atoms with Gasteiger partial charge in [0.2, 0.25) is 0 Å². The van der Waals surface area contributed by atoms with Crippen molar-refractivity contribution in [3.63, 3.8) is 0 Å². The molecule has 31 heavy (non-hydrogen) atoms. The van der Waals surface area contributed by atoms with Crippen molar-refractivity contribution in [2.45, 2.75) is 6.92 Å². The lowest BCUT2D eigenvalue weighted by Crippen LogP contribution is -2.39. The molecular formula is C22H30N6O3. The number of hydrogen-bond donors (Lipinski definition) is 1. The van der Waals surface area contributed by atoms with Gasteiger partial charge in [0, 0.05) is 38.8 Å². The summed E-state index contributed by atoms with van der Waals surface area (Å²) in [7, 11) is 0. The second-order valence-electron chi connectivity index (χ2n) is 7.58. The maximum atomic E-state index is 5.91. The molecule has 1 aromatic heterocycles. The Kier molecular flexibility index (Phi) is 7.65. The first kappa shape index (κ1) is 21.5. The third-order valence-corrected chi connectivity index (χ3v) is 5.20. The first-order valence-electron chi connectivity index (χ1n) is 10.8. The molecule has 9 nitrogen and oxygen atoms in total. The molecule has 2 saturated heterocycles. The van der Waals surface area contributed by atoms with Crippen molar-refractivity contribution in [3.8, 4) is 6.01 Å². The van der Waals surface area contributed by atoms with Crippen molar-refractivity contribution < 1.29 is 14.2 Å². The Balaban J connectivity index is 1.43. The second kappa shape index (κ2) is 11.0. The summed E-state index contributed by atoms with van der Waals surface area (Å²) in [5, 5.41) is 4.35. The molecule has 1 N–H and O–H groups in total. The zero-order valence-corrected chi connectivity index (χ0v) is 18.0. The number of nitrogens with one attached hydrogen (secondary N) is 1. The smallest absolute Gasteiger partial charge is 0.320 e. The molecule has 0 atom stereocenters. The Bertz CT molecular complexity index is 866. The van der Waals surface area contributed by atoms with E-state index in [0.29, 0.717) is 31.6 Å². The number of rotatable bonds is 8. The van der Waals surface area contributed by atoms with Crippen LogP contribution in [0.1, 0.15) is 11.1 Å². The van der Waals surface area contributed by atoms with Crippen molar-refractivity contribution in [2.24, 2.45) is 5.10 Å². The predicted octanol–water partition coefficient (Wildman–Crippen LogP) is 1.78. The second-order valence-corrected chi connectivity index (χ2v) is 7.58. The Morgan fingerprint density at radius 2 is 1.84 bits per heavy atom. The zero-order valence-electron chi connectivity index (χ0n) is 18.0. The molecule has 0 radical (unpaired) electrons. The summed E-state index contributed by atoms with van der Waals surface area (Å²) >= 11 is 0. The third-order valence-electron chi connectivity index (χ3n) is 5.20. The van der Waals surface area contributed by atoms with E-state index in [0.717, 1.165) is 57.3 Å². The normalized spacial score (nSPS) is 17.8. The van der Waals surface area contributed by atoms with E-state index in [1.807, 2.05) is 18.2 Å². The molecular weight excluding hydrogens is 396 g/mol. The van der Waals surface area contributed by atoms with E-state index in [4.69, 9.17) is 14.2 Å². The van der Waals surface area contributed by atoms with Gasteiger partial charge in [-0.2, -0.15) is 15.1 Å². The monoisotopic (exact) mass is 426 g/mol. The minimum Gasteiger partial charge on any atom is -0.462 e. The van der Waals surface area contributed by atoms with E-state index in [-0.39, 0.29) is 0 Å². The van der Waals surface area contributed by atoms with Crippen LogP contribution in [0.25, 0.3) is 0 Å². The fraction of sp³-hybridized carbons (Fsp3) is 0.500. The fourth-order valence-electron chi connectivity index (χ4n) is 3.50. The zero-order chi connectivity index (χ0) is 21.3. The molecule has 9 heteroatoms. The summed E-state index contributed by atoms with van der Waals surface area (Å²) in [6.45, 7) is 9.76. The van der Waals surface area contributed by atoms with Crippen LogP contribution in [0.15, 0.2) is 35.4 Å². The standard InChI is InChI=1S/C22H30N6O3/c1-18-3-2-4-19(15-18)17-23-26-20-16-21(28-8-12-30-13-9-28)25-22(24-20)31-14-7-27-5-10-29-11-6-27/h2-4,15-17H,5-14H2,1H3,(H,24,25,26)/b23-17+. The van der Waals surface area contributed by atoms with Gasteiger partial charge in [-0.1, -0.05) is 29.8 Å². The van der Waals surface area contributed by atoms with Gasteiger partial charge in [0.25, 0.3) is 0 Å². The Labute approximate surface area is 183 Å². The van der Waals surface area contributed by atoms with Gasteiger partial charge in [-0.15, -0.1) is 0 Å². The summed E-state index contributed by atoms with van der Waals surface area (Å²) in [6.07, 6.45) is 1.78. The van der Waals surface area contributed by atoms with E-state index < -0.39 is 0 Å². The highest BCUT2D eigenvalue weighted by atomic mass is 16.5. The van der Waals surface area contributed by atoms with Gasteiger partial charge in [0.15, 0.2) is 5.82 Å². The summed E-state index contributed by atoms with van der Waals surface area (Å²) in [6, 6.07) is 10.4. The summed E-state index contributed by atoms with van der Waals surface area (Å²) < 4.78 is 16.8. The number of aryl methyl sites for hydroxylation is 1. The van der Waals surface area contributed by atoms with E-state index >= 15 is 0 Å². The molecule has 0 amide bonds. The van der Waals surface area contributed by atoms with Gasteiger partial charge >= 0.3 is 6.01 Å². The molecule has 2 aromatic rings. The molecule has 0 aliphatic carbocycles. The summed E-state index contributed by atoms with van der Waals surface area (Å²) in [4.78, 5) is 13.6. The van der Waals surface area contributed by atoms with Crippen LogP contribution in [0.2, 0.25) is 0 Å². The van der Waals surface area contributed by atoms with Gasteiger partial charge in [-0.3, -0.25) is 10.3 Å². The summed E-state index contributed by atoms with van der Waals surface area (Å²) in [5.74, 6) is 1.41. The van der Waals surface area contributed by atoms with Gasteiger partial charge in [0.1, 0.15) is 12.4 Å². The number of ether oxygens (including phenoxy) is 3.